The highest BCUT2D eigenvalue weighted by Gasteiger charge is 2.11. The van der Waals surface area contributed by atoms with Gasteiger partial charge >= 0.3 is 0 Å². The van der Waals surface area contributed by atoms with Crippen LogP contribution in [0, 0.1) is 5.82 Å². The van der Waals surface area contributed by atoms with Gasteiger partial charge in [0.25, 0.3) is 0 Å². The van der Waals surface area contributed by atoms with Crippen molar-refractivity contribution in [1.29, 1.82) is 0 Å². The van der Waals surface area contributed by atoms with Crippen molar-refractivity contribution < 1.29 is 9.18 Å². The standard InChI is InChI=1S/C11H7ClFNOS/c12-9-4-8(13)2-1-7(9)3-11(15)10-5-16-6-14-10/h1-2,4-6H,3H2. The molecule has 2 aromatic rings. The average molecular weight is 256 g/mol. The van der Waals surface area contributed by atoms with Crippen LogP contribution in [-0.2, 0) is 6.42 Å². The van der Waals surface area contributed by atoms with Crippen molar-refractivity contribution in [2.75, 3.05) is 0 Å². The molecule has 2 nitrogen and oxygen atoms in total. The Kier molecular flexibility index (Phi) is 3.31. The van der Waals surface area contributed by atoms with E-state index in [-0.39, 0.29) is 17.2 Å². The number of aromatic nitrogens is 1. The Morgan fingerprint density at radius 3 is 2.94 bits per heavy atom. The molecule has 2 rings (SSSR count). The Labute approximate surface area is 101 Å². The third-order valence-corrected chi connectivity index (χ3v) is 3.02. The van der Waals surface area contributed by atoms with E-state index in [4.69, 9.17) is 11.6 Å². The summed E-state index contributed by atoms with van der Waals surface area (Å²) in [6, 6.07) is 4.00. The number of hydrogen-bond acceptors (Lipinski definition) is 3. The number of halogens is 2. The van der Waals surface area contributed by atoms with Crippen LogP contribution in [0.3, 0.4) is 0 Å². The molecule has 0 aliphatic rings. The Bertz CT molecular complexity index is 513. The van der Waals surface area contributed by atoms with E-state index in [0.717, 1.165) is 0 Å². The van der Waals surface area contributed by atoms with Gasteiger partial charge in [0.2, 0.25) is 0 Å². The summed E-state index contributed by atoms with van der Waals surface area (Å²) < 4.78 is 12.8. The molecule has 0 saturated heterocycles. The summed E-state index contributed by atoms with van der Waals surface area (Å²) >= 11 is 7.19. The summed E-state index contributed by atoms with van der Waals surface area (Å²) in [5.41, 5.74) is 2.63. The average Bonchev–Trinajstić information content (AvgIpc) is 2.75. The molecule has 16 heavy (non-hydrogen) atoms. The number of rotatable bonds is 3. The summed E-state index contributed by atoms with van der Waals surface area (Å²) in [5, 5.41) is 1.95. The maximum atomic E-state index is 12.8. The van der Waals surface area contributed by atoms with E-state index in [2.05, 4.69) is 4.98 Å². The molecule has 0 aliphatic carbocycles. The van der Waals surface area contributed by atoms with Crippen LogP contribution in [-0.4, -0.2) is 10.8 Å². The minimum Gasteiger partial charge on any atom is -0.292 e. The lowest BCUT2D eigenvalue weighted by molar-refractivity contribution is 0.0989. The van der Waals surface area contributed by atoms with Gasteiger partial charge in [0.1, 0.15) is 11.5 Å². The van der Waals surface area contributed by atoms with Crippen molar-refractivity contribution in [2.45, 2.75) is 6.42 Å². The molecule has 82 valence electrons. The van der Waals surface area contributed by atoms with E-state index in [0.29, 0.717) is 11.3 Å². The molecule has 0 unspecified atom stereocenters. The number of thiazole rings is 1. The minimum absolute atomic E-state index is 0.116. The monoisotopic (exact) mass is 255 g/mol. The Hall–Kier alpha value is -1.26. The van der Waals surface area contributed by atoms with Gasteiger partial charge in [-0.2, -0.15) is 0 Å². The third-order valence-electron chi connectivity index (χ3n) is 2.08. The molecule has 0 N–H and O–H groups in total. The lowest BCUT2D eigenvalue weighted by Crippen LogP contribution is -2.04. The zero-order valence-corrected chi connectivity index (χ0v) is 9.69. The zero-order chi connectivity index (χ0) is 11.5. The molecule has 0 fully saturated rings. The second kappa shape index (κ2) is 4.72. The number of ketones is 1. The zero-order valence-electron chi connectivity index (χ0n) is 8.11. The summed E-state index contributed by atoms with van der Waals surface area (Å²) in [6.07, 6.45) is 0.142. The quantitative estimate of drug-likeness (QED) is 0.787. The largest absolute Gasteiger partial charge is 0.292 e. The Morgan fingerprint density at radius 1 is 1.50 bits per heavy atom. The molecule has 1 heterocycles. The van der Waals surface area contributed by atoms with E-state index < -0.39 is 5.82 Å². The van der Waals surface area contributed by atoms with Gasteiger partial charge in [-0.25, -0.2) is 9.37 Å². The number of hydrogen-bond donors (Lipinski definition) is 0. The number of nitrogens with zero attached hydrogens (tertiary/aromatic N) is 1. The molecule has 0 amide bonds. The maximum absolute atomic E-state index is 12.8. The van der Waals surface area contributed by atoms with Crippen molar-refractivity contribution >= 4 is 28.7 Å². The van der Waals surface area contributed by atoms with Gasteiger partial charge in [-0.1, -0.05) is 17.7 Å². The van der Waals surface area contributed by atoms with Crippen molar-refractivity contribution in [3.63, 3.8) is 0 Å². The highest BCUT2D eigenvalue weighted by molar-refractivity contribution is 7.07. The van der Waals surface area contributed by atoms with Gasteiger partial charge in [-0.15, -0.1) is 11.3 Å². The molecule has 0 atom stereocenters. The van der Waals surface area contributed by atoms with Gasteiger partial charge < -0.3 is 0 Å². The number of benzene rings is 1. The Morgan fingerprint density at radius 2 is 2.31 bits per heavy atom. The van der Waals surface area contributed by atoms with Crippen LogP contribution in [0.5, 0.6) is 0 Å². The summed E-state index contributed by atoms with van der Waals surface area (Å²) in [6.45, 7) is 0. The molecular weight excluding hydrogens is 249 g/mol. The second-order valence-corrected chi connectivity index (χ2v) is 4.34. The maximum Gasteiger partial charge on any atom is 0.186 e. The van der Waals surface area contributed by atoms with Crippen LogP contribution in [0.2, 0.25) is 5.02 Å². The first-order valence-corrected chi connectivity index (χ1v) is 5.84. The second-order valence-electron chi connectivity index (χ2n) is 3.21. The van der Waals surface area contributed by atoms with Crippen molar-refractivity contribution in [1.82, 2.24) is 4.98 Å². The highest BCUT2D eigenvalue weighted by Crippen LogP contribution is 2.19. The number of carbonyl (C=O) groups excluding carboxylic acids is 1. The summed E-state index contributed by atoms with van der Waals surface area (Å²) in [5.74, 6) is -0.524. The SMILES string of the molecule is O=C(Cc1ccc(F)cc1Cl)c1cscn1. The normalized spacial score (nSPS) is 10.4. The lowest BCUT2D eigenvalue weighted by atomic mass is 10.1. The molecular formula is C11H7ClFNOS. The first-order valence-electron chi connectivity index (χ1n) is 4.52. The van der Waals surface area contributed by atoms with Crippen molar-refractivity contribution in [3.05, 3.63) is 51.2 Å². The smallest absolute Gasteiger partial charge is 0.186 e. The molecule has 0 bridgehead atoms. The molecule has 0 spiro atoms. The predicted octanol–water partition coefficient (Wildman–Crippen LogP) is 3.36. The first kappa shape index (κ1) is 11.2. The molecule has 0 saturated carbocycles. The first-order chi connectivity index (χ1) is 7.66. The van der Waals surface area contributed by atoms with E-state index in [9.17, 15) is 9.18 Å². The number of carbonyl (C=O) groups is 1. The predicted molar refractivity (Wildman–Crippen MR) is 61.6 cm³/mol. The van der Waals surface area contributed by atoms with E-state index >= 15 is 0 Å². The van der Waals surface area contributed by atoms with Crippen LogP contribution in [0.25, 0.3) is 0 Å². The fourth-order valence-corrected chi connectivity index (χ4v) is 2.07. The van der Waals surface area contributed by atoms with Crippen LogP contribution in [0.1, 0.15) is 16.1 Å². The highest BCUT2D eigenvalue weighted by atomic mass is 35.5. The molecule has 0 radical (unpaired) electrons. The van der Waals surface area contributed by atoms with Crippen molar-refractivity contribution in [2.24, 2.45) is 0 Å². The Balaban J connectivity index is 2.18. The summed E-state index contributed by atoms with van der Waals surface area (Å²) in [7, 11) is 0. The topological polar surface area (TPSA) is 30.0 Å². The van der Waals surface area contributed by atoms with Gasteiger partial charge in [0.05, 0.1) is 5.51 Å². The van der Waals surface area contributed by atoms with Gasteiger partial charge in [-0.05, 0) is 17.7 Å². The lowest BCUT2D eigenvalue weighted by Gasteiger charge is -2.02. The summed E-state index contributed by atoms with van der Waals surface area (Å²) in [4.78, 5) is 15.6. The van der Waals surface area contributed by atoms with Gasteiger partial charge in [0.15, 0.2) is 5.78 Å². The van der Waals surface area contributed by atoms with Gasteiger partial charge in [0, 0.05) is 16.8 Å². The number of Topliss-reactive ketones (excluding diaryl/α,β-unsaturated/α-hetero) is 1. The van der Waals surface area contributed by atoms with E-state index in [1.807, 2.05) is 0 Å². The fraction of sp³-hybridized carbons (Fsp3) is 0.0909. The van der Waals surface area contributed by atoms with Crippen LogP contribution < -0.4 is 0 Å². The third kappa shape index (κ3) is 2.46. The van der Waals surface area contributed by atoms with Crippen LogP contribution >= 0.6 is 22.9 Å². The molecule has 1 aromatic heterocycles. The van der Waals surface area contributed by atoms with Crippen LogP contribution in [0.15, 0.2) is 29.1 Å². The van der Waals surface area contributed by atoms with Crippen LogP contribution in [0.4, 0.5) is 4.39 Å². The fourth-order valence-electron chi connectivity index (χ4n) is 1.28. The minimum atomic E-state index is -0.408. The van der Waals surface area contributed by atoms with Gasteiger partial charge in [-0.3, -0.25) is 4.79 Å². The van der Waals surface area contributed by atoms with Crippen molar-refractivity contribution in [3.8, 4) is 0 Å². The molecule has 1 aromatic carbocycles. The van der Waals surface area contributed by atoms with E-state index in [1.165, 1.54) is 29.5 Å². The van der Waals surface area contributed by atoms with E-state index in [1.54, 1.807) is 10.9 Å². The molecule has 0 aliphatic heterocycles. The molecule has 5 heteroatoms.